The van der Waals surface area contributed by atoms with Gasteiger partial charge in [-0.05, 0) is 62.5 Å². The number of carboxylic acid groups (broad SMARTS) is 1. The molecular weight excluding hydrogens is 779 g/mol. The highest BCUT2D eigenvalue weighted by atomic mass is 32.1. The van der Waals surface area contributed by atoms with E-state index in [1.807, 2.05) is 20.8 Å². The summed E-state index contributed by atoms with van der Waals surface area (Å²) in [4.78, 5) is 77.9. The number of hydrogen-bond donors (Lipinski definition) is 5. The number of fused-ring (bicyclic) bond motifs is 1. The van der Waals surface area contributed by atoms with Gasteiger partial charge in [-0.15, -0.1) is 17.9 Å². The van der Waals surface area contributed by atoms with Crippen molar-refractivity contribution in [3.05, 3.63) is 42.3 Å². The van der Waals surface area contributed by atoms with E-state index in [1.54, 1.807) is 36.8 Å². The van der Waals surface area contributed by atoms with Gasteiger partial charge in [0.2, 0.25) is 11.8 Å². The van der Waals surface area contributed by atoms with E-state index in [-0.39, 0.29) is 31.5 Å². The molecule has 2 aromatic heterocycles. The van der Waals surface area contributed by atoms with Crippen molar-refractivity contribution >= 4 is 57.3 Å². The summed E-state index contributed by atoms with van der Waals surface area (Å²) in [5, 5.41) is 24.2. The molecule has 5 unspecified atom stereocenters. The van der Waals surface area contributed by atoms with E-state index in [9.17, 15) is 29.1 Å². The monoisotopic (exact) mass is 831 g/mol. The molecule has 7 rings (SSSR count). The first-order chi connectivity index (χ1) is 28.2. The number of carboxylic acids is 1. The van der Waals surface area contributed by atoms with Crippen LogP contribution in [0.3, 0.4) is 0 Å². The van der Waals surface area contributed by atoms with Crippen LogP contribution in [0.15, 0.2) is 42.3 Å². The Balaban J connectivity index is 1.17. The molecule has 17 heteroatoms. The van der Waals surface area contributed by atoms with Crippen molar-refractivity contribution in [3.63, 3.8) is 0 Å². The molecule has 16 nitrogen and oxygen atoms in total. The number of rotatable bonds is 13. The minimum Gasteiger partial charge on any atom is -0.497 e. The van der Waals surface area contributed by atoms with Gasteiger partial charge in [-0.1, -0.05) is 39.7 Å². The number of anilines is 1. The topological polar surface area (TPSA) is 210 Å². The lowest BCUT2D eigenvalue weighted by atomic mass is 9.85. The van der Waals surface area contributed by atoms with Crippen LogP contribution in [0.1, 0.15) is 85.0 Å². The van der Waals surface area contributed by atoms with Crippen LogP contribution in [0.25, 0.3) is 22.3 Å². The predicted molar refractivity (Wildman–Crippen MR) is 220 cm³/mol. The fourth-order valence-corrected chi connectivity index (χ4v) is 9.06. The fraction of sp³-hybridized carbons (Fsp3) is 0.548. The van der Waals surface area contributed by atoms with E-state index in [4.69, 9.17) is 19.2 Å². The number of aliphatic carboxylic acids is 1. The molecule has 316 valence electrons. The molecule has 4 fully saturated rings. The minimum absolute atomic E-state index is 0.0163. The predicted octanol–water partition coefficient (Wildman–Crippen LogP) is 6.01. The number of pyridine rings is 1. The first kappa shape index (κ1) is 41.7. The molecule has 0 bridgehead atoms. The van der Waals surface area contributed by atoms with Crippen LogP contribution in [0, 0.1) is 11.3 Å². The molecule has 5 atom stereocenters. The SMILES string of the molecule is C=CC1CC1(NC(=O)C1CC(Oc2cc(-c3csc(NC(=O)OC4CCCC4)n3)nc3cc(OC)ccc23)CN1C(=O)C(NC(=O)NC1CCCC1)C(C)(C)C)C(=O)O. The Morgan fingerprint density at radius 1 is 1.02 bits per heavy atom. The number of amides is 5. The summed E-state index contributed by atoms with van der Waals surface area (Å²) in [5.41, 5.74) is -0.860. The second-order valence-electron chi connectivity index (χ2n) is 17.1. The smallest absolute Gasteiger partial charge is 0.413 e. The Morgan fingerprint density at radius 2 is 1.75 bits per heavy atom. The summed E-state index contributed by atoms with van der Waals surface area (Å²) in [5.74, 6) is -1.84. The van der Waals surface area contributed by atoms with Crippen molar-refractivity contribution in [2.45, 2.75) is 121 Å². The van der Waals surface area contributed by atoms with Gasteiger partial charge in [-0.2, -0.15) is 0 Å². The molecule has 3 saturated carbocycles. The molecule has 1 aromatic carbocycles. The van der Waals surface area contributed by atoms with Gasteiger partial charge in [0, 0.05) is 41.3 Å². The van der Waals surface area contributed by atoms with Crippen molar-refractivity contribution < 1.29 is 43.3 Å². The van der Waals surface area contributed by atoms with Crippen LogP contribution in [0.2, 0.25) is 0 Å². The molecular formula is C42H53N7O9S. The zero-order valence-electron chi connectivity index (χ0n) is 33.9. The third-order valence-corrected chi connectivity index (χ3v) is 12.5. The van der Waals surface area contributed by atoms with Gasteiger partial charge >= 0.3 is 18.1 Å². The van der Waals surface area contributed by atoms with Crippen molar-refractivity contribution in [1.29, 1.82) is 0 Å². The highest BCUT2D eigenvalue weighted by molar-refractivity contribution is 7.14. The van der Waals surface area contributed by atoms with Gasteiger partial charge in [0.05, 0.1) is 24.9 Å². The number of likely N-dealkylation sites (tertiary alicyclic amines) is 1. The van der Waals surface area contributed by atoms with Crippen LogP contribution < -0.4 is 30.7 Å². The number of urea groups is 1. The number of thiazole rings is 1. The molecule has 3 heterocycles. The Morgan fingerprint density at radius 3 is 2.41 bits per heavy atom. The van der Waals surface area contributed by atoms with E-state index in [0.717, 1.165) is 51.4 Å². The molecule has 0 radical (unpaired) electrons. The quantitative estimate of drug-likeness (QED) is 0.126. The van der Waals surface area contributed by atoms with Crippen molar-refractivity contribution in [2.24, 2.45) is 11.3 Å². The maximum atomic E-state index is 14.7. The first-order valence-corrected chi connectivity index (χ1v) is 21.2. The van der Waals surface area contributed by atoms with E-state index in [0.29, 0.717) is 38.9 Å². The average Bonchev–Trinajstić information content (AvgIpc) is 3.83. The second-order valence-corrected chi connectivity index (χ2v) is 17.9. The summed E-state index contributed by atoms with van der Waals surface area (Å²) in [6.45, 7) is 9.19. The number of carbonyl (C=O) groups excluding carboxylic acids is 4. The third-order valence-electron chi connectivity index (χ3n) is 11.8. The van der Waals surface area contributed by atoms with E-state index in [1.165, 1.54) is 22.3 Å². The number of benzene rings is 1. The Bertz CT molecular complexity index is 2110. The minimum atomic E-state index is -1.53. The van der Waals surface area contributed by atoms with Gasteiger partial charge in [-0.3, -0.25) is 14.9 Å². The highest BCUT2D eigenvalue weighted by Crippen LogP contribution is 2.45. The van der Waals surface area contributed by atoms with E-state index < -0.39 is 65.0 Å². The maximum absolute atomic E-state index is 14.7. The number of aromatic nitrogens is 2. The number of hydrogen-bond acceptors (Lipinski definition) is 11. The third kappa shape index (κ3) is 9.24. The molecule has 4 aliphatic rings. The zero-order valence-corrected chi connectivity index (χ0v) is 34.7. The highest BCUT2D eigenvalue weighted by Gasteiger charge is 2.61. The average molecular weight is 832 g/mol. The van der Waals surface area contributed by atoms with Crippen LogP contribution in [0.5, 0.6) is 11.5 Å². The zero-order chi connectivity index (χ0) is 42.1. The van der Waals surface area contributed by atoms with Gasteiger partial charge in [-0.25, -0.2) is 24.4 Å². The lowest BCUT2D eigenvalue weighted by molar-refractivity contribution is -0.146. The summed E-state index contributed by atoms with van der Waals surface area (Å²) in [6.07, 6.45) is 7.79. The Labute approximate surface area is 346 Å². The van der Waals surface area contributed by atoms with Gasteiger partial charge in [0.1, 0.15) is 47.0 Å². The van der Waals surface area contributed by atoms with Crippen LogP contribution >= 0.6 is 11.3 Å². The molecule has 1 aliphatic heterocycles. The van der Waals surface area contributed by atoms with Crippen LogP contribution in [-0.2, 0) is 19.1 Å². The van der Waals surface area contributed by atoms with Gasteiger partial charge in [0.15, 0.2) is 5.13 Å². The Kier molecular flexibility index (Phi) is 12.0. The maximum Gasteiger partial charge on any atom is 0.413 e. The van der Waals surface area contributed by atoms with Gasteiger partial charge in [0.25, 0.3) is 0 Å². The summed E-state index contributed by atoms with van der Waals surface area (Å²) >= 11 is 1.22. The molecule has 5 amide bonds. The standard InChI is InChI=1S/C42H53N7O9S/c1-6-23-20-42(23,37(52)53)48-35(50)32-18-27(21-49(32)36(51)34(41(2,3)4)46-38(54)43-24-11-7-8-12-24)57-33-19-30(44-29-17-26(56-5)15-16-28(29)33)31-22-59-39(45-31)47-40(55)58-25-13-9-10-14-25/h6,15-17,19,22-25,27,32,34H,1,7-14,18,20-21H2,2-5H3,(H,48,50)(H,52,53)(H2,43,46,54)(H,45,47,55). The molecule has 59 heavy (non-hydrogen) atoms. The second kappa shape index (κ2) is 17.0. The van der Waals surface area contributed by atoms with Crippen molar-refractivity contribution in [2.75, 3.05) is 19.0 Å². The van der Waals surface area contributed by atoms with Crippen LogP contribution in [-0.4, -0.2) is 99.4 Å². The molecule has 5 N–H and O–H groups in total. The summed E-state index contributed by atoms with van der Waals surface area (Å²) < 4.78 is 17.7. The molecule has 1 saturated heterocycles. The van der Waals surface area contributed by atoms with E-state index >= 15 is 0 Å². The summed E-state index contributed by atoms with van der Waals surface area (Å²) in [6, 6.07) is 4.44. The number of carbonyl (C=O) groups is 5. The number of methoxy groups -OCH3 is 1. The molecule has 3 aromatic rings. The number of ether oxygens (including phenoxy) is 3. The largest absolute Gasteiger partial charge is 0.497 e. The fourth-order valence-electron chi connectivity index (χ4n) is 8.37. The Hall–Kier alpha value is -5.45. The van der Waals surface area contributed by atoms with E-state index in [2.05, 4.69) is 32.8 Å². The van der Waals surface area contributed by atoms with Crippen LogP contribution in [0.4, 0.5) is 14.7 Å². The number of nitrogens with one attached hydrogen (secondary N) is 4. The van der Waals surface area contributed by atoms with Crippen molar-refractivity contribution in [1.82, 2.24) is 30.8 Å². The summed E-state index contributed by atoms with van der Waals surface area (Å²) in [7, 11) is 1.55. The normalized spacial score (nSPS) is 23.7. The first-order valence-electron chi connectivity index (χ1n) is 20.3. The molecule has 0 spiro atoms. The van der Waals surface area contributed by atoms with Gasteiger partial charge < -0.3 is 40.2 Å². The lowest BCUT2D eigenvalue weighted by Crippen LogP contribution is -2.60. The number of nitrogens with zero attached hydrogens (tertiary/aromatic N) is 3. The lowest BCUT2D eigenvalue weighted by Gasteiger charge is -2.35. The van der Waals surface area contributed by atoms with Crippen molar-refractivity contribution in [3.8, 4) is 22.9 Å². The molecule has 3 aliphatic carbocycles.